The molecule has 1 atom stereocenters. The first kappa shape index (κ1) is 26.5. The lowest BCUT2D eigenvalue weighted by Crippen LogP contribution is -2.27. The molecule has 1 unspecified atom stereocenters. The summed E-state index contributed by atoms with van der Waals surface area (Å²) in [6.07, 6.45) is 16.5. The standard InChI is InChI=1S/C42H34N2/c1-3-13-33-36-27-43-41(31-16-9-6-10-17-31)44-40(36)42(37(33)4-2)38-19-12-11-18-34(38)35-25-24-32(26-39(35)42)30-22-20-29(21-23-30)28-14-7-5-8-15-28/h4-7,9-14,16-27H,3,8,15H2,1-2H3/b33-13-,37-4?. The molecule has 3 aliphatic carbocycles. The number of allylic oxidation sites excluding steroid dienone is 8. The van der Waals surface area contributed by atoms with Crippen molar-refractivity contribution in [1.82, 2.24) is 9.97 Å². The van der Waals surface area contributed by atoms with E-state index in [2.05, 4.69) is 141 Å². The zero-order valence-corrected chi connectivity index (χ0v) is 25.2. The van der Waals surface area contributed by atoms with E-state index in [-0.39, 0.29) is 0 Å². The molecule has 8 rings (SSSR count). The van der Waals surface area contributed by atoms with Gasteiger partial charge in [0.2, 0.25) is 0 Å². The van der Waals surface area contributed by atoms with Gasteiger partial charge in [0.15, 0.2) is 5.82 Å². The number of aromatic nitrogens is 2. The van der Waals surface area contributed by atoms with Crippen molar-refractivity contribution in [3.05, 3.63) is 167 Å². The van der Waals surface area contributed by atoms with Crippen LogP contribution in [0.15, 0.2) is 139 Å². The molecule has 0 saturated heterocycles. The highest BCUT2D eigenvalue weighted by molar-refractivity contribution is 5.99. The van der Waals surface area contributed by atoms with Crippen molar-refractivity contribution in [1.29, 1.82) is 0 Å². The average Bonchev–Trinajstić information content (AvgIpc) is 3.54. The largest absolute Gasteiger partial charge is 0.236 e. The van der Waals surface area contributed by atoms with Crippen molar-refractivity contribution >= 4 is 11.1 Å². The van der Waals surface area contributed by atoms with Crippen LogP contribution in [0.25, 0.3) is 44.8 Å². The van der Waals surface area contributed by atoms with Crippen molar-refractivity contribution in [3.8, 4) is 33.6 Å². The summed E-state index contributed by atoms with van der Waals surface area (Å²) in [5.41, 5.74) is 15.6. The van der Waals surface area contributed by atoms with E-state index in [9.17, 15) is 0 Å². The molecule has 1 heterocycles. The molecule has 2 nitrogen and oxygen atoms in total. The molecule has 0 N–H and O–H groups in total. The van der Waals surface area contributed by atoms with E-state index in [0.717, 1.165) is 41.9 Å². The lowest BCUT2D eigenvalue weighted by Gasteiger charge is -2.30. The van der Waals surface area contributed by atoms with Crippen LogP contribution >= 0.6 is 0 Å². The van der Waals surface area contributed by atoms with Gasteiger partial charge in [-0.05, 0) is 87.9 Å². The molecular weight excluding hydrogens is 532 g/mol. The van der Waals surface area contributed by atoms with Gasteiger partial charge in [0.25, 0.3) is 0 Å². The van der Waals surface area contributed by atoms with Gasteiger partial charge in [0.05, 0.1) is 11.1 Å². The van der Waals surface area contributed by atoms with E-state index in [0.29, 0.717) is 0 Å². The van der Waals surface area contributed by atoms with E-state index in [1.54, 1.807) is 0 Å². The lowest BCUT2D eigenvalue weighted by atomic mass is 9.71. The number of nitrogens with zero attached hydrogens (tertiary/aromatic N) is 2. The molecule has 0 saturated carbocycles. The molecule has 0 aliphatic heterocycles. The van der Waals surface area contributed by atoms with Gasteiger partial charge in [-0.15, -0.1) is 0 Å². The molecule has 1 aromatic heterocycles. The van der Waals surface area contributed by atoms with E-state index >= 15 is 0 Å². The summed E-state index contributed by atoms with van der Waals surface area (Å²) < 4.78 is 0. The summed E-state index contributed by atoms with van der Waals surface area (Å²) in [7, 11) is 0. The highest BCUT2D eigenvalue weighted by Crippen LogP contribution is 2.63. The van der Waals surface area contributed by atoms with Crippen LogP contribution in [0.1, 0.15) is 61.1 Å². The molecular formula is C42H34N2. The van der Waals surface area contributed by atoms with Crippen LogP contribution in [0, 0.1) is 0 Å². The second kappa shape index (κ2) is 10.6. The fourth-order valence-electron chi connectivity index (χ4n) is 7.59. The zero-order chi connectivity index (χ0) is 29.7. The molecule has 0 fully saturated rings. The topological polar surface area (TPSA) is 25.8 Å². The van der Waals surface area contributed by atoms with Crippen LogP contribution in [-0.2, 0) is 5.41 Å². The van der Waals surface area contributed by atoms with Crippen LogP contribution < -0.4 is 0 Å². The Morgan fingerprint density at radius 2 is 1.50 bits per heavy atom. The van der Waals surface area contributed by atoms with Gasteiger partial charge in [0, 0.05) is 17.3 Å². The average molecular weight is 567 g/mol. The number of fused-ring (bicyclic) bond motifs is 7. The molecule has 4 aromatic carbocycles. The predicted molar refractivity (Wildman–Crippen MR) is 183 cm³/mol. The summed E-state index contributed by atoms with van der Waals surface area (Å²) in [5.74, 6) is 0.765. The molecule has 212 valence electrons. The fraction of sp³-hybridized carbons (Fsp3) is 0.143. The fourth-order valence-corrected chi connectivity index (χ4v) is 7.59. The smallest absolute Gasteiger partial charge is 0.159 e. The predicted octanol–water partition coefficient (Wildman–Crippen LogP) is 10.6. The molecule has 1 spiro atoms. The maximum absolute atomic E-state index is 5.45. The maximum Gasteiger partial charge on any atom is 0.159 e. The summed E-state index contributed by atoms with van der Waals surface area (Å²) in [6.45, 7) is 4.39. The number of hydrogen-bond donors (Lipinski definition) is 0. The Morgan fingerprint density at radius 1 is 0.750 bits per heavy atom. The minimum absolute atomic E-state index is 0.515. The minimum atomic E-state index is -0.515. The van der Waals surface area contributed by atoms with Crippen LogP contribution in [0.3, 0.4) is 0 Å². The van der Waals surface area contributed by atoms with Gasteiger partial charge in [-0.25, -0.2) is 9.97 Å². The van der Waals surface area contributed by atoms with E-state index < -0.39 is 5.41 Å². The van der Waals surface area contributed by atoms with Crippen molar-refractivity contribution in [2.24, 2.45) is 0 Å². The highest BCUT2D eigenvalue weighted by Gasteiger charge is 2.54. The summed E-state index contributed by atoms with van der Waals surface area (Å²) in [4.78, 5) is 10.4. The van der Waals surface area contributed by atoms with Gasteiger partial charge in [0.1, 0.15) is 0 Å². The van der Waals surface area contributed by atoms with Crippen LogP contribution in [-0.4, -0.2) is 9.97 Å². The summed E-state index contributed by atoms with van der Waals surface area (Å²) >= 11 is 0. The maximum atomic E-state index is 5.45. The molecule has 3 aliphatic rings. The quantitative estimate of drug-likeness (QED) is 0.216. The first-order chi connectivity index (χ1) is 21.7. The van der Waals surface area contributed by atoms with E-state index in [4.69, 9.17) is 9.97 Å². The van der Waals surface area contributed by atoms with Crippen molar-refractivity contribution < 1.29 is 0 Å². The Labute approximate surface area is 259 Å². The molecule has 5 aromatic rings. The Balaban J connectivity index is 1.37. The van der Waals surface area contributed by atoms with E-state index in [1.165, 1.54) is 55.7 Å². The number of hydrogen-bond acceptors (Lipinski definition) is 2. The Bertz CT molecular complexity index is 2040. The summed E-state index contributed by atoms with van der Waals surface area (Å²) in [6, 6.07) is 35.4. The lowest BCUT2D eigenvalue weighted by molar-refractivity contribution is 0.755. The minimum Gasteiger partial charge on any atom is -0.236 e. The molecule has 0 radical (unpaired) electrons. The SMILES string of the molecule is CC=C1/C(=C\CC)c2cnc(-c3ccccc3)nc2C12c1ccccc1-c1ccc(-c3ccc(C4=CC=CCC4)cc3)cc12. The van der Waals surface area contributed by atoms with Crippen molar-refractivity contribution in [3.63, 3.8) is 0 Å². The molecule has 0 amide bonds. The van der Waals surface area contributed by atoms with Crippen molar-refractivity contribution in [2.45, 2.75) is 38.5 Å². The Morgan fingerprint density at radius 3 is 2.27 bits per heavy atom. The number of rotatable bonds is 4. The molecule has 44 heavy (non-hydrogen) atoms. The van der Waals surface area contributed by atoms with Gasteiger partial charge < -0.3 is 0 Å². The molecule has 2 heteroatoms. The zero-order valence-electron chi connectivity index (χ0n) is 25.2. The normalized spacial score (nSPS) is 19.7. The summed E-state index contributed by atoms with van der Waals surface area (Å²) in [5, 5.41) is 0. The second-order valence-corrected chi connectivity index (χ2v) is 11.8. The third-order valence-corrected chi connectivity index (χ3v) is 9.50. The third kappa shape index (κ3) is 3.87. The van der Waals surface area contributed by atoms with Crippen LogP contribution in [0.2, 0.25) is 0 Å². The Hall–Kier alpha value is -5.08. The second-order valence-electron chi connectivity index (χ2n) is 11.8. The first-order valence-electron chi connectivity index (χ1n) is 15.8. The highest BCUT2D eigenvalue weighted by atomic mass is 14.9. The van der Waals surface area contributed by atoms with Gasteiger partial charge >= 0.3 is 0 Å². The monoisotopic (exact) mass is 566 g/mol. The van der Waals surface area contributed by atoms with Crippen molar-refractivity contribution in [2.75, 3.05) is 0 Å². The van der Waals surface area contributed by atoms with Crippen LogP contribution in [0.4, 0.5) is 0 Å². The number of benzene rings is 4. The first-order valence-corrected chi connectivity index (χ1v) is 15.8. The van der Waals surface area contributed by atoms with Gasteiger partial charge in [-0.2, -0.15) is 0 Å². The molecule has 0 bridgehead atoms. The van der Waals surface area contributed by atoms with Gasteiger partial charge in [-0.1, -0.05) is 128 Å². The van der Waals surface area contributed by atoms with Gasteiger partial charge in [-0.3, -0.25) is 0 Å². The van der Waals surface area contributed by atoms with Crippen LogP contribution in [0.5, 0.6) is 0 Å². The third-order valence-electron chi connectivity index (χ3n) is 9.50. The Kier molecular flexibility index (Phi) is 6.38. The van der Waals surface area contributed by atoms with E-state index in [1.807, 2.05) is 6.07 Å².